The van der Waals surface area contributed by atoms with Gasteiger partial charge in [-0.25, -0.2) is 8.42 Å². The Morgan fingerprint density at radius 1 is 1.33 bits per heavy atom. The highest BCUT2D eigenvalue weighted by Crippen LogP contribution is 2.41. The molecule has 0 saturated heterocycles. The number of hydrogen-bond donors (Lipinski definition) is 1. The third-order valence-electron chi connectivity index (χ3n) is 3.96. The zero-order chi connectivity index (χ0) is 15.2. The molecule has 0 atom stereocenters. The minimum absolute atomic E-state index is 0.144. The van der Waals surface area contributed by atoms with Crippen molar-refractivity contribution in [3.63, 3.8) is 0 Å². The maximum atomic E-state index is 13.0. The maximum absolute atomic E-state index is 13.0. The molecule has 0 radical (unpaired) electrons. The van der Waals surface area contributed by atoms with Gasteiger partial charge in [-0.05, 0) is 59.7 Å². The molecule has 0 bridgehead atoms. The molecule has 0 heterocycles. The topological polar surface area (TPSA) is 72.6 Å². The van der Waals surface area contributed by atoms with Gasteiger partial charge in [0.1, 0.15) is 10.6 Å². The van der Waals surface area contributed by atoms with Gasteiger partial charge in [0.15, 0.2) is 0 Å². The highest BCUT2D eigenvalue weighted by atomic mass is 79.9. The number of nitrogen functional groups attached to an aromatic ring is 1. The van der Waals surface area contributed by atoms with Gasteiger partial charge in [-0.15, -0.1) is 0 Å². The average molecular weight is 375 g/mol. The van der Waals surface area contributed by atoms with Gasteiger partial charge in [0.2, 0.25) is 10.0 Å². The van der Waals surface area contributed by atoms with Gasteiger partial charge in [-0.3, -0.25) is 0 Å². The number of ether oxygens (including phenoxy) is 1. The zero-order valence-electron chi connectivity index (χ0n) is 11.9. The summed E-state index contributed by atoms with van der Waals surface area (Å²) < 4.78 is 33.5. The lowest BCUT2D eigenvalue weighted by molar-refractivity contribution is 0.376. The van der Waals surface area contributed by atoms with E-state index >= 15 is 0 Å². The second-order valence-corrected chi connectivity index (χ2v) is 8.49. The molecule has 2 fully saturated rings. The van der Waals surface area contributed by atoms with Crippen molar-refractivity contribution in [2.24, 2.45) is 5.92 Å². The Morgan fingerprint density at radius 2 is 2.00 bits per heavy atom. The first kappa shape index (κ1) is 15.1. The number of anilines is 1. The number of rotatable bonds is 6. The zero-order valence-corrected chi connectivity index (χ0v) is 14.3. The van der Waals surface area contributed by atoms with Crippen LogP contribution in [0.2, 0.25) is 0 Å². The Bertz CT molecular complexity index is 654. The fourth-order valence-corrected chi connectivity index (χ4v) is 4.66. The fraction of sp³-hybridized carbons (Fsp3) is 0.571. The Balaban J connectivity index is 2.01. The van der Waals surface area contributed by atoms with E-state index in [1.807, 2.05) is 0 Å². The quantitative estimate of drug-likeness (QED) is 0.776. The number of sulfonamides is 1. The van der Waals surface area contributed by atoms with E-state index in [1.54, 1.807) is 10.4 Å². The third kappa shape index (κ3) is 3.05. The van der Waals surface area contributed by atoms with E-state index in [2.05, 4.69) is 15.9 Å². The summed E-state index contributed by atoms with van der Waals surface area (Å²) in [6, 6.07) is 3.25. The number of benzene rings is 1. The van der Waals surface area contributed by atoms with Crippen LogP contribution in [0.25, 0.3) is 0 Å². The Morgan fingerprint density at radius 3 is 2.52 bits per heavy atom. The number of nitrogens with zero attached hydrogens (tertiary/aromatic N) is 1. The van der Waals surface area contributed by atoms with E-state index in [1.165, 1.54) is 13.2 Å². The molecule has 116 valence electrons. The summed E-state index contributed by atoms with van der Waals surface area (Å²) in [5, 5.41) is 0. The molecular formula is C14H19BrN2O3S. The van der Waals surface area contributed by atoms with E-state index in [-0.39, 0.29) is 10.9 Å². The molecule has 21 heavy (non-hydrogen) atoms. The lowest BCUT2D eigenvalue weighted by Gasteiger charge is -2.23. The monoisotopic (exact) mass is 374 g/mol. The molecule has 1 aromatic rings. The first-order chi connectivity index (χ1) is 9.93. The first-order valence-electron chi connectivity index (χ1n) is 7.08. The summed E-state index contributed by atoms with van der Waals surface area (Å²) in [5.74, 6) is 0.844. The SMILES string of the molecule is COc1cc(Br)c(N)cc1S(=O)(=O)N(CC1CC1)C1CC1. The Hall–Kier alpha value is -0.790. The molecule has 5 nitrogen and oxygen atoms in total. The fourth-order valence-electron chi connectivity index (χ4n) is 2.40. The molecule has 0 aliphatic heterocycles. The van der Waals surface area contributed by atoms with Gasteiger partial charge >= 0.3 is 0 Å². The van der Waals surface area contributed by atoms with Gasteiger partial charge in [-0.2, -0.15) is 4.31 Å². The van der Waals surface area contributed by atoms with Crippen LogP contribution in [-0.4, -0.2) is 32.4 Å². The van der Waals surface area contributed by atoms with Gasteiger partial charge in [0, 0.05) is 22.7 Å². The van der Waals surface area contributed by atoms with Gasteiger partial charge < -0.3 is 10.5 Å². The van der Waals surface area contributed by atoms with Crippen LogP contribution in [0.15, 0.2) is 21.5 Å². The van der Waals surface area contributed by atoms with Crippen molar-refractivity contribution < 1.29 is 13.2 Å². The summed E-state index contributed by atoms with van der Waals surface area (Å²) >= 11 is 3.30. The smallest absolute Gasteiger partial charge is 0.247 e. The molecule has 1 aromatic carbocycles. The highest BCUT2D eigenvalue weighted by molar-refractivity contribution is 9.10. The molecular weight excluding hydrogens is 356 g/mol. The molecule has 0 unspecified atom stereocenters. The standard InChI is InChI=1S/C14H19BrN2O3S/c1-20-13-6-11(15)12(16)7-14(13)21(18,19)17(10-4-5-10)8-9-2-3-9/h6-7,9-10H,2-5,8,16H2,1H3. The van der Waals surface area contributed by atoms with Gasteiger partial charge in [0.05, 0.1) is 7.11 Å². The number of methoxy groups -OCH3 is 1. The van der Waals surface area contributed by atoms with Crippen molar-refractivity contribution in [2.45, 2.75) is 36.6 Å². The van der Waals surface area contributed by atoms with Crippen molar-refractivity contribution in [2.75, 3.05) is 19.4 Å². The lowest BCUT2D eigenvalue weighted by Crippen LogP contribution is -2.35. The van der Waals surface area contributed by atoms with Crippen LogP contribution >= 0.6 is 15.9 Å². The Labute approximate surface area is 133 Å². The van der Waals surface area contributed by atoms with Crippen LogP contribution in [0.5, 0.6) is 5.75 Å². The largest absolute Gasteiger partial charge is 0.495 e. The normalized spacial score (nSPS) is 19.0. The molecule has 2 N–H and O–H groups in total. The van der Waals surface area contributed by atoms with Crippen molar-refractivity contribution >= 4 is 31.6 Å². The first-order valence-corrected chi connectivity index (χ1v) is 9.31. The number of halogens is 1. The van der Waals surface area contributed by atoms with Gasteiger partial charge in [0.25, 0.3) is 0 Å². The third-order valence-corrected chi connectivity index (χ3v) is 6.59. The van der Waals surface area contributed by atoms with Gasteiger partial charge in [-0.1, -0.05) is 0 Å². The number of nitrogens with two attached hydrogens (primary N) is 1. The van der Waals surface area contributed by atoms with Crippen molar-refractivity contribution in [1.82, 2.24) is 4.31 Å². The van der Waals surface area contributed by atoms with Crippen LogP contribution in [0.3, 0.4) is 0 Å². The van der Waals surface area contributed by atoms with E-state index in [0.29, 0.717) is 28.4 Å². The highest BCUT2D eigenvalue weighted by Gasteiger charge is 2.42. The molecule has 2 saturated carbocycles. The van der Waals surface area contributed by atoms with Crippen molar-refractivity contribution in [3.8, 4) is 5.75 Å². The summed E-state index contributed by atoms with van der Waals surface area (Å²) in [5.41, 5.74) is 6.26. The second kappa shape index (κ2) is 5.44. The van der Waals surface area contributed by atoms with E-state index in [4.69, 9.17) is 10.5 Å². The lowest BCUT2D eigenvalue weighted by atomic mass is 10.3. The Kier molecular flexibility index (Phi) is 3.92. The molecule has 0 aromatic heterocycles. The molecule has 7 heteroatoms. The van der Waals surface area contributed by atoms with Crippen LogP contribution in [0, 0.1) is 5.92 Å². The van der Waals surface area contributed by atoms with Crippen LogP contribution in [-0.2, 0) is 10.0 Å². The molecule has 0 amide bonds. The van der Waals surface area contributed by atoms with E-state index < -0.39 is 10.0 Å². The molecule has 3 rings (SSSR count). The summed E-state index contributed by atoms with van der Waals surface area (Å²) in [6.45, 7) is 0.617. The second-order valence-electron chi connectivity index (χ2n) is 5.77. The molecule has 0 spiro atoms. The molecule has 2 aliphatic rings. The maximum Gasteiger partial charge on any atom is 0.247 e. The van der Waals surface area contributed by atoms with Crippen molar-refractivity contribution in [3.05, 3.63) is 16.6 Å². The van der Waals surface area contributed by atoms with Crippen molar-refractivity contribution in [1.29, 1.82) is 0 Å². The molecule has 2 aliphatic carbocycles. The minimum Gasteiger partial charge on any atom is -0.495 e. The minimum atomic E-state index is -3.57. The van der Waals surface area contributed by atoms with E-state index in [0.717, 1.165) is 25.7 Å². The summed E-state index contributed by atoms with van der Waals surface area (Å²) in [4.78, 5) is 0.165. The van der Waals surface area contributed by atoms with Crippen LogP contribution in [0.4, 0.5) is 5.69 Å². The predicted molar refractivity (Wildman–Crippen MR) is 84.7 cm³/mol. The summed E-state index contributed by atoms with van der Waals surface area (Å²) in [6.07, 6.45) is 4.14. The number of hydrogen-bond acceptors (Lipinski definition) is 4. The van der Waals surface area contributed by atoms with Crippen LogP contribution in [0.1, 0.15) is 25.7 Å². The summed E-state index contributed by atoms with van der Waals surface area (Å²) in [7, 11) is -2.10. The van der Waals surface area contributed by atoms with Crippen LogP contribution < -0.4 is 10.5 Å². The predicted octanol–water partition coefficient (Wildman–Crippen LogP) is 2.60. The van der Waals surface area contributed by atoms with E-state index in [9.17, 15) is 8.42 Å². The average Bonchev–Trinajstić information content (AvgIpc) is 3.31.